The molecule has 0 atom stereocenters. The number of amides is 1. The first kappa shape index (κ1) is 27.0. The van der Waals surface area contributed by atoms with Crippen LogP contribution in [0, 0.1) is 0 Å². The van der Waals surface area contributed by atoms with Crippen LogP contribution in [0.4, 0.5) is 5.69 Å². The van der Waals surface area contributed by atoms with Crippen LogP contribution >= 0.6 is 11.6 Å². The van der Waals surface area contributed by atoms with E-state index < -0.39 is 15.9 Å². The quantitative estimate of drug-likeness (QED) is 0.463. The number of anilines is 1. The molecule has 3 rings (SSSR count). The summed E-state index contributed by atoms with van der Waals surface area (Å²) < 4.78 is 38.5. The van der Waals surface area contributed by atoms with Gasteiger partial charge in [0.15, 0.2) is 0 Å². The maximum absolute atomic E-state index is 13.6. The second kappa shape index (κ2) is 12.4. The summed E-state index contributed by atoms with van der Waals surface area (Å²) in [7, 11) is -2.52. The van der Waals surface area contributed by atoms with Gasteiger partial charge < -0.3 is 14.8 Å². The highest BCUT2D eigenvalue weighted by atomic mass is 35.5. The number of rotatable bonds is 10. The lowest BCUT2D eigenvalue weighted by Crippen LogP contribution is -2.45. The number of benzene rings is 2. The number of methoxy groups -OCH3 is 1. The van der Waals surface area contributed by atoms with E-state index in [1.807, 2.05) is 0 Å². The van der Waals surface area contributed by atoms with Crippen molar-refractivity contribution in [2.75, 3.05) is 25.6 Å². The van der Waals surface area contributed by atoms with Crippen LogP contribution in [0.25, 0.3) is 0 Å². The number of nitrogens with zero attached hydrogens (tertiary/aromatic N) is 1. The monoisotopic (exact) mass is 522 g/mol. The molecular formula is C25H31ClN2O6S. The average molecular weight is 523 g/mol. The van der Waals surface area contributed by atoms with E-state index in [0.717, 1.165) is 24.8 Å². The van der Waals surface area contributed by atoms with E-state index in [0.29, 0.717) is 30.9 Å². The highest BCUT2D eigenvalue weighted by Gasteiger charge is 2.34. The highest BCUT2D eigenvalue weighted by Crippen LogP contribution is 2.32. The maximum atomic E-state index is 13.6. The molecule has 0 aliphatic heterocycles. The Bertz CT molecular complexity index is 1130. The van der Waals surface area contributed by atoms with E-state index in [1.165, 1.54) is 29.6 Å². The van der Waals surface area contributed by atoms with Crippen molar-refractivity contribution in [1.82, 2.24) is 4.31 Å². The number of nitrogens with one attached hydrogen (secondary N) is 1. The topological polar surface area (TPSA) is 102 Å². The van der Waals surface area contributed by atoms with Gasteiger partial charge in [0.05, 0.1) is 36.6 Å². The van der Waals surface area contributed by atoms with Gasteiger partial charge in [0, 0.05) is 11.7 Å². The number of hydrogen-bond donors (Lipinski definition) is 1. The molecule has 0 unspecified atom stereocenters. The molecule has 0 radical (unpaired) electrons. The number of sulfonamides is 1. The predicted octanol–water partition coefficient (Wildman–Crippen LogP) is 4.42. The van der Waals surface area contributed by atoms with Gasteiger partial charge in [-0.05, 0) is 55.7 Å². The fraction of sp³-hybridized carbons (Fsp3) is 0.440. The number of hydrogen-bond acceptors (Lipinski definition) is 6. The number of carbonyl (C=O) groups is 2. The molecule has 1 aliphatic rings. The van der Waals surface area contributed by atoms with Gasteiger partial charge in [0.1, 0.15) is 5.75 Å². The van der Waals surface area contributed by atoms with Gasteiger partial charge in [0.2, 0.25) is 15.9 Å². The van der Waals surface area contributed by atoms with Gasteiger partial charge in [0.25, 0.3) is 0 Å². The van der Waals surface area contributed by atoms with Crippen LogP contribution in [-0.4, -0.2) is 50.9 Å². The molecule has 8 nitrogen and oxygen atoms in total. The highest BCUT2D eigenvalue weighted by molar-refractivity contribution is 7.89. The minimum atomic E-state index is -3.98. The molecule has 1 amide bonds. The molecule has 0 aromatic heterocycles. The minimum absolute atomic E-state index is 0.0185. The largest absolute Gasteiger partial charge is 0.495 e. The molecule has 190 valence electrons. The summed E-state index contributed by atoms with van der Waals surface area (Å²) in [6, 6.07) is 10.8. The Morgan fingerprint density at radius 2 is 1.77 bits per heavy atom. The SMILES string of the molecule is CCOC(=O)Cc1ccc(NC(=O)CN(C2CCCCC2)S(=O)(=O)c2ccc(OC)c(Cl)c2)cc1. The van der Waals surface area contributed by atoms with Crippen molar-refractivity contribution < 1.29 is 27.5 Å². The van der Waals surface area contributed by atoms with E-state index in [1.54, 1.807) is 31.2 Å². The van der Waals surface area contributed by atoms with Gasteiger partial charge in [-0.25, -0.2) is 8.42 Å². The lowest BCUT2D eigenvalue weighted by Gasteiger charge is -2.33. The van der Waals surface area contributed by atoms with E-state index in [2.05, 4.69) is 5.32 Å². The van der Waals surface area contributed by atoms with Crippen LogP contribution in [0.5, 0.6) is 5.75 Å². The lowest BCUT2D eigenvalue weighted by atomic mass is 9.95. The Balaban J connectivity index is 1.76. The van der Waals surface area contributed by atoms with E-state index >= 15 is 0 Å². The number of halogens is 1. The molecule has 0 bridgehead atoms. The summed E-state index contributed by atoms with van der Waals surface area (Å²) >= 11 is 6.18. The fourth-order valence-electron chi connectivity index (χ4n) is 4.15. The molecule has 2 aromatic carbocycles. The third-order valence-corrected chi connectivity index (χ3v) is 8.09. The summed E-state index contributed by atoms with van der Waals surface area (Å²) in [5, 5.41) is 2.95. The Labute approximate surface area is 211 Å². The van der Waals surface area contributed by atoms with Gasteiger partial charge in [-0.3, -0.25) is 9.59 Å². The van der Waals surface area contributed by atoms with Crippen molar-refractivity contribution in [3.63, 3.8) is 0 Å². The van der Waals surface area contributed by atoms with E-state index in [9.17, 15) is 18.0 Å². The van der Waals surface area contributed by atoms with Gasteiger partial charge in [-0.2, -0.15) is 4.31 Å². The van der Waals surface area contributed by atoms with Crippen molar-refractivity contribution in [1.29, 1.82) is 0 Å². The Morgan fingerprint density at radius 3 is 2.37 bits per heavy atom. The smallest absolute Gasteiger partial charge is 0.310 e. The van der Waals surface area contributed by atoms with Crippen LogP contribution in [0.1, 0.15) is 44.6 Å². The zero-order chi connectivity index (χ0) is 25.4. The molecule has 0 spiro atoms. The molecule has 35 heavy (non-hydrogen) atoms. The van der Waals surface area contributed by atoms with Crippen LogP contribution in [0.15, 0.2) is 47.4 Å². The second-order valence-electron chi connectivity index (χ2n) is 8.37. The molecule has 1 fully saturated rings. The standard InChI is InChI=1S/C25H31ClN2O6S/c1-3-34-25(30)15-18-9-11-19(12-10-18)27-24(29)17-28(20-7-5-4-6-8-20)35(31,32)21-13-14-23(33-2)22(26)16-21/h9-14,16,20H,3-8,15,17H2,1-2H3,(H,27,29). The molecule has 1 aliphatic carbocycles. The first-order valence-corrected chi connectivity index (χ1v) is 13.5. The van der Waals surface area contributed by atoms with Crippen molar-refractivity contribution in [3.8, 4) is 5.75 Å². The first-order chi connectivity index (χ1) is 16.7. The van der Waals surface area contributed by atoms with Crippen molar-refractivity contribution in [2.45, 2.75) is 56.4 Å². The van der Waals surface area contributed by atoms with Gasteiger partial charge in [-0.1, -0.05) is 43.0 Å². The summed E-state index contributed by atoms with van der Waals surface area (Å²) in [6.07, 6.45) is 4.38. The zero-order valence-corrected chi connectivity index (χ0v) is 21.5. The van der Waals surface area contributed by atoms with Gasteiger partial charge >= 0.3 is 5.97 Å². The molecule has 10 heteroatoms. The molecule has 2 aromatic rings. The zero-order valence-electron chi connectivity index (χ0n) is 20.0. The summed E-state index contributed by atoms with van der Waals surface area (Å²) in [5.74, 6) is -0.396. The van der Waals surface area contributed by atoms with E-state index in [4.69, 9.17) is 21.1 Å². The third-order valence-electron chi connectivity index (χ3n) is 5.90. The second-order valence-corrected chi connectivity index (χ2v) is 10.7. The molecular weight excluding hydrogens is 492 g/mol. The summed E-state index contributed by atoms with van der Waals surface area (Å²) in [6.45, 7) is 1.74. The molecule has 0 saturated heterocycles. The fourth-order valence-corrected chi connectivity index (χ4v) is 6.14. The lowest BCUT2D eigenvalue weighted by molar-refractivity contribution is -0.142. The summed E-state index contributed by atoms with van der Waals surface area (Å²) in [4.78, 5) is 24.6. The molecule has 1 saturated carbocycles. The van der Waals surface area contributed by atoms with Crippen molar-refractivity contribution >= 4 is 39.2 Å². The maximum Gasteiger partial charge on any atom is 0.310 e. The van der Waals surface area contributed by atoms with Crippen LogP contribution in [-0.2, 0) is 30.8 Å². The van der Waals surface area contributed by atoms with Gasteiger partial charge in [-0.15, -0.1) is 0 Å². The van der Waals surface area contributed by atoms with Crippen molar-refractivity contribution in [3.05, 3.63) is 53.1 Å². The average Bonchev–Trinajstić information content (AvgIpc) is 2.84. The Kier molecular flexibility index (Phi) is 9.54. The first-order valence-electron chi connectivity index (χ1n) is 11.6. The van der Waals surface area contributed by atoms with Crippen LogP contribution < -0.4 is 10.1 Å². The number of esters is 1. The van der Waals surface area contributed by atoms with Crippen molar-refractivity contribution in [2.24, 2.45) is 0 Å². The predicted molar refractivity (Wildman–Crippen MR) is 134 cm³/mol. The number of ether oxygens (including phenoxy) is 2. The summed E-state index contributed by atoms with van der Waals surface area (Å²) in [5.41, 5.74) is 1.26. The third kappa shape index (κ3) is 7.19. The minimum Gasteiger partial charge on any atom is -0.495 e. The molecule has 1 N–H and O–H groups in total. The number of carbonyl (C=O) groups excluding carboxylic acids is 2. The Hall–Kier alpha value is -2.62. The van der Waals surface area contributed by atoms with E-state index in [-0.39, 0.29) is 34.9 Å². The van der Waals surface area contributed by atoms with Crippen LogP contribution in [0.2, 0.25) is 5.02 Å². The Morgan fingerprint density at radius 1 is 1.09 bits per heavy atom. The van der Waals surface area contributed by atoms with Crippen LogP contribution in [0.3, 0.4) is 0 Å². The normalized spacial score (nSPS) is 14.5. The molecule has 0 heterocycles.